The lowest BCUT2D eigenvalue weighted by Gasteiger charge is -2.06. The zero-order valence-corrected chi connectivity index (χ0v) is 9.20. The molecule has 1 aromatic carbocycles. The van der Waals surface area contributed by atoms with Gasteiger partial charge in [-0.15, -0.1) is 0 Å². The Kier molecular flexibility index (Phi) is 4.17. The van der Waals surface area contributed by atoms with Crippen molar-refractivity contribution in [2.24, 2.45) is 0 Å². The Bertz CT molecular complexity index is 401. The van der Waals surface area contributed by atoms with Gasteiger partial charge in [0.2, 0.25) is 5.78 Å². The number of rotatable bonds is 4. The summed E-state index contributed by atoms with van der Waals surface area (Å²) in [5.74, 6) is -1.99. The lowest BCUT2D eigenvalue weighted by molar-refractivity contribution is -0.147. The zero-order chi connectivity index (χ0) is 12.1. The molecule has 4 heteroatoms. The lowest BCUT2D eigenvalue weighted by Crippen LogP contribution is -2.27. The summed E-state index contributed by atoms with van der Waals surface area (Å²) in [6.45, 7) is 3.40. The molecule has 16 heavy (non-hydrogen) atoms. The molecular formula is C12H13FO3. The zero-order valence-electron chi connectivity index (χ0n) is 9.20. The highest BCUT2D eigenvalue weighted by Gasteiger charge is 2.28. The molecule has 86 valence electrons. The SMILES string of the molecule is CCOC(=O)C(F)C(=O)c1cccc(C)c1. The first-order valence-electron chi connectivity index (χ1n) is 4.98. The molecule has 1 aromatic rings. The van der Waals surface area contributed by atoms with E-state index in [9.17, 15) is 14.0 Å². The number of carbonyl (C=O) groups excluding carboxylic acids is 2. The fourth-order valence-electron chi connectivity index (χ4n) is 1.27. The van der Waals surface area contributed by atoms with Crippen molar-refractivity contribution in [3.05, 3.63) is 35.4 Å². The Labute approximate surface area is 93.2 Å². The minimum absolute atomic E-state index is 0.0559. The second-order valence-corrected chi connectivity index (χ2v) is 3.35. The maximum atomic E-state index is 13.4. The predicted molar refractivity (Wildman–Crippen MR) is 57.0 cm³/mol. The average Bonchev–Trinajstić information content (AvgIpc) is 2.27. The fraction of sp³-hybridized carbons (Fsp3) is 0.333. The summed E-state index contributed by atoms with van der Waals surface area (Å²) in [6, 6.07) is 6.43. The fourth-order valence-corrected chi connectivity index (χ4v) is 1.27. The Morgan fingerprint density at radius 3 is 2.69 bits per heavy atom. The van der Waals surface area contributed by atoms with Gasteiger partial charge in [-0.3, -0.25) is 4.79 Å². The molecule has 0 fully saturated rings. The van der Waals surface area contributed by atoms with Crippen LogP contribution in [0.2, 0.25) is 0 Å². The van der Waals surface area contributed by atoms with Crippen LogP contribution in [0.3, 0.4) is 0 Å². The van der Waals surface area contributed by atoms with Crippen molar-refractivity contribution in [2.75, 3.05) is 6.61 Å². The van der Waals surface area contributed by atoms with E-state index in [1.807, 2.05) is 0 Å². The summed E-state index contributed by atoms with van der Waals surface area (Å²) in [5, 5.41) is 0. The molecule has 0 radical (unpaired) electrons. The van der Waals surface area contributed by atoms with Gasteiger partial charge in [-0.2, -0.15) is 0 Å². The van der Waals surface area contributed by atoms with Crippen LogP contribution < -0.4 is 0 Å². The van der Waals surface area contributed by atoms with Crippen molar-refractivity contribution >= 4 is 11.8 Å². The van der Waals surface area contributed by atoms with E-state index in [-0.39, 0.29) is 12.2 Å². The Hall–Kier alpha value is -1.71. The second kappa shape index (κ2) is 5.39. The first-order chi connectivity index (χ1) is 7.56. The van der Waals surface area contributed by atoms with Gasteiger partial charge in [-0.25, -0.2) is 9.18 Å². The largest absolute Gasteiger partial charge is 0.463 e. The summed E-state index contributed by atoms with van der Waals surface area (Å²) < 4.78 is 17.8. The van der Waals surface area contributed by atoms with Gasteiger partial charge in [0.1, 0.15) is 0 Å². The van der Waals surface area contributed by atoms with Gasteiger partial charge >= 0.3 is 5.97 Å². The number of hydrogen-bond donors (Lipinski definition) is 0. The molecule has 3 nitrogen and oxygen atoms in total. The minimum atomic E-state index is -2.23. The molecule has 0 saturated heterocycles. The van der Waals surface area contributed by atoms with Gasteiger partial charge in [0.25, 0.3) is 6.17 Å². The van der Waals surface area contributed by atoms with Crippen LogP contribution in [0.5, 0.6) is 0 Å². The van der Waals surface area contributed by atoms with E-state index in [1.54, 1.807) is 26.0 Å². The van der Waals surface area contributed by atoms with Crippen LogP contribution >= 0.6 is 0 Å². The van der Waals surface area contributed by atoms with Crippen LogP contribution in [0, 0.1) is 6.92 Å². The van der Waals surface area contributed by atoms with E-state index in [1.165, 1.54) is 12.1 Å². The molecule has 0 aliphatic heterocycles. The van der Waals surface area contributed by atoms with Gasteiger partial charge in [0, 0.05) is 5.56 Å². The van der Waals surface area contributed by atoms with Gasteiger partial charge < -0.3 is 4.74 Å². The summed E-state index contributed by atoms with van der Waals surface area (Å²) in [6.07, 6.45) is -2.23. The van der Waals surface area contributed by atoms with Crippen LogP contribution in [0.1, 0.15) is 22.8 Å². The van der Waals surface area contributed by atoms with Crippen molar-refractivity contribution in [2.45, 2.75) is 20.0 Å². The molecule has 0 aliphatic rings. The molecular weight excluding hydrogens is 211 g/mol. The number of ketones is 1. The molecule has 0 N–H and O–H groups in total. The highest BCUT2D eigenvalue weighted by atomic mass is 19.1. The maximum Gasteiger partial charge on any atom is 0.348 e. The van der Waals surface area contributed by atoms with Crippen LogP contribution in [-0.4, -0.2) is 24.5 Å². The number of carbonyl (C=O) groups is 2. The Morgan fingerprint density at radius 2 is 2.12 bits per heavy atom. The Morgan fingerprint density at radius 1 is 1.44 bits per heavy atom. The normalized spacial score (nSPS) is 11.9. The molecule has 0 spiro atoms. The molecule has 0 heterocycles. The van der Waals surface area contributed by atoms with Crippen molar-refractivity contribution in [3.8, 4) is 0 Å². The number of esters is 1. The van der Waals surface area contributed by atoms with Crippen molar-refractivity contribution in [1.29, 1.82) is 0 Å². The molecule has 0 saturated carbocycles. The molecule has 1 atom stereocenters. The molecule has 0 aliphatic carbocycles. The smallest absolute Gasteiger partial charge is 0.348 e. The first kappa shape index (κ1) is 12.4. The standard InChI is InChI=1S/C12H13FO3/c1-3-16-12(15)10(13)11(14)9-6-4-5-8(2)7-9/h4-7,10H,3H2,1-2H3. The Balaban J connectivity index is 2.82. The van der Waals surface area contributed by atoms with Gasteiger partial charge in [-0.1, -0.05) is 23.8 Å². The molecule has 0 aromatic heterocycles. The predicted octanol–water partition coefficient (Wildman–Crippen LogP) is 2.08. The number of ether oxygens (including phenoxy) is 1. The van der Waals surface area contributed by atoms with Gasteiger partial charge in [-0.05, 0) is 19.9 Å². The highest BCUT2D eigenvalue weighted by molar-refractivity contribution is 6.11. The third-order valence-corrected chi connectivity index (χ3v) is 2.03. The second-order valence-electron chi connectivity index (χ2n) is 3.35. The monoisotopic (exact) mass is 224 g/mol. The number of halogens is 1. The van der Waals surface area contributed by atoms with E-state index in [4.69, 9.17) is 0 Å². The van der Waals surface area contributed by atoms with Crippen LogP contribution in [0.25, 0.3) is 0 Å². The number of Topliss-reactive ketones (excluding diaryl/α,β-unsaturated/α-hetero) is 1. The van der Waals surface area contributed by atoms with Gasteiger partial charge in [0.05, 0.1) is 6.61 Å². The average molecular weight is 224 g/mol. The van der Waals surface area contributed by atoms with E-state index in [0.29, 0.717) is 0 Å². The quantitative estimate of drug-likeness (QED) is 0.447. The minimum Gasteiger partial charge on any atom is -0.463 e. The number of alkyl halides is 1. The van der Waals surface area contributed by atoms with Crippen molar-refractivity contribution < 1.29 is 18.7 Å². The molecule has 0 amide bonds. The van der Waals surface area contributed by atoms with Crippen molar-refractivity contribution in [3.63, 3.8) is 0 Å². The van der Waals surface area contributed by atoms with Crippen molar-refractivity contribution in [1.82, 2.24) is 0 Å². The van der Waals surface area contributed by atoms with E-state index in [2.05, 4.69) is 4.74 Å². The third-order valence-electron chi connectivity index (χ3n) is 2.03. The van der Waals surface area contributed by atoms with Crippen LogP contribution in [0.15, 0.2) is 24.3 Å². The van der Waals surface area contributed by atoms with Crippen LogP contribution in [0.4, 0.5) is 4.39 Å². The number of hydrogen-bond acceptors (Lipinski definition) is 3. The molecule has 0 bridgehead atoms. The number of benzene rings is 1. The number of aryl methyl sites for hydroxylation is 1. The summed E-state index contributed by atoms with van der Waals surface area (Å²) in [7, 11) is 0. The topological polar surface area (TPSA) is 43.4 Å². The van der Waals surface area contributed by atoms with E-state index in [0.717, 1.165) is 5.56 Å². The summed E-state index contributed by atoms with van der Waals surface area (Å²) in [5.41, 5.74) is 1.02. The highest BCUT2D eigenvalue weighted by Crippen LogP contribution is 2.10. The summed E-state index contributed by atoms with van der Waals surface area (Å²) >= 11 is 0. The van der Waals surface area contributed by atoms with Gasteiger partial charge in [0.15, 0.2) is 0 Å². The first-order valence-corrected chi connectivity index (χ1v) is 4.98. The lowest BCUT2D eigenvalue weighted by atomic mass is 10.0. The third kappa shape index (κ3) is 2.89. The molecule has 1 unspecified atom stereocenters. The summed E-state index contributed by atoms with van der Waals surface area (Å²) in [4.78, 5) is 22.6. The van der Waals surface area contributed by atoms with E-state index < -0.39 is 17.9 Å². The van der Waals surface area contributed by atoms with Crippen LogP contribution in [-0.2, 0) is 9.53 Å². The van der Waals surface area contributed by atoms with E-state index >= 15 is 0 Å². The maximum absolute atomic E-state index is 13.4. The molecule has 1 rings (SSSR count).